The Balaban J connectivity index is 1.37. The second kappa shape index (κ2) is 9.70. The fourth-order valence-electron chi connectivity index (χ4n) is 4.16. The minimum absolute atomic E-state index is 0.0550. The molecule has 33 heavy (non-hydrogen) atoms. The number of hydrogen-bond donors (Lipinski definition) is 1. The summed E-state index contributed by atoms with van der Waals surface area (Å²) >= 11 is 6.20. The lowest BCUT2D eigenvalue weighted by atomic mass is 9.90. The molecule has 2 aliphatic rings. The van der Waals surface area contributed by atoms with Crippen LogP contribution in [0, 0.1) is 5.92 Å². The van der Waals surface area contributed by atoms with Crippen LogP contribution in [0.3, 0.4) is 0 Å². The molecule has 0 aliphatic carbocycles. The van der Waals surface area contributed by atoms with Crippen molar-refractivity contribution in [3.63, 3.8) is 0 Å². The number of piperidine rings is 1. The topological polar surface area (TPSA) is 96.0 Å². The average Bonchev–Trinajstić information content (AvgIpc) is 2.79. The number of ether oxygens (including phenoxy) is 1. The minimum Gasteiger partial charge on any atom is -0.482 e. The summed E-state index contributed by atoms with van der Waals surface area (Å²) in [6, 6.07) is 12.9. The number of fused-ring (bicyclic) bond motifs is 1. The third kappa shape index (κ3) is 5.31. The second-order valence-corrected chi connectivity index (χ2v) is 10.8. The van der Waals surface area contributed by atoms with E-state index in [9.17, 15) is 18.0 Å². The van der Waals surface area contributed by atoms with Gasteiger partial charge in [-0.05, 0) is 36.8 Å². The fourth-order valence-corrected chi connectivity index (χ4v) is 5.79. The molecule has 176 valence electrons. The zero-order valence-corrected chi connectivity index (χ0v) is 19.9. The van der Waals surface area contributed by atoms with Gasteiger partial charge in [0.05, 0.1) is 17.3 Å². The Morgan fingerprint density at radius 3 is 2.61 bits per heavy atom. The lowest BCUT2D eigenvalue weighted by Crippen LogP contribution is -2.44. The van der Waals surface area contributed by atoms with Crippen LogP contribution in [-0.4, -0.2) is 62.7 Å². The monoisotopic (exact) mass is 491 g/mol. The van der Waals surface area contributed by atoms with Crippen LogP contribution in [0.2, 0.25) is 5.02 Å². The predicted molar refractivity (Wildman–Crippen MR) is 125 cm³/mol. The summed E-state index contributed by atoms with van der Waals surface area (Å²) in [5, 5.41) is 2.53. The van der Waals surface area contributed by atoms with Crippen LogP contribution in [0.25, 0.3) is 0 Å². The van der Waals surface area contributed by atoms with Gasteiger partial charge in [-0.25, -0.2) is 8.42 Å². The molecule has 2 aromatic carbocycles. The summed E-state index contributed by atoms with van der Waals surface area (Å²) < 4.78 is 32.5. The highest BCUT2D eigenvalue weighted by molar-refractivity contribution is 7.89. The molecule has 8 nitrogen and oxygen atoms in total. The molecule has 0 spiro atoms. The van der Waals surface area contributed by atoms with Crippen molar-refractivity contribution in [3.8, 4) is 5.75 Å². The van der Waals surface area contributed by atoms with Crippen molar-refractivity contribution in [1.29, 1.82) is 0 Å². The number of halogens is 1. The fraction of sp³-hybridized carbons (Fsp3) is 0.391. The van der Waals surface area contributed by atoms with Gasteiger partial charge < -0.3 is 15.0 Å². The number of nitrogens with zero attached hydrogens (tertiary/aromatic N) is 2. The summed E-state index contributed by atoms with van der Waals surface area (Å²) in [5.41, 5.74) is 1.60. The number of anilines is 1. The maximum absolute atomic E-state index is 13.1. The Bertz CT molecular complexity index is 1150. The van der Waals surface area contributed by atoms with E-state index in [0.717, 1.165) is 23.6 Å². The number of likely N-dealkylation sites (N-methyl/N-ethyl adjacent to an activating group) is 1. The quantitative estimate of drug-likeness (QED) is 0.670. The van der Waals surface area contributed by atoms with Gasteiger partial charge in [0.25, 0.3) is 5.91 Å². The maximum Gasteiger partial charge on any atom is 0.262 e. The number of likely N-dealkylation sites (tertiary alicyclic amines) is 1. The van der Waals surface area contributed by atoms with Crippen LogP contribution in [0.1, 0.15) is 18.4 Å². The van der Waals surface area contributed by atoms with E-state index < -0.39 is 10.0 Å². The molecule has 10 heteroatoms. The summed E-state index contributed by atoms with van der Waals surface area (Å²) in [6.07, 6.45) is 2.75. The molecule has 0 unspecified atom stereocenters. The highest BCUT2D eigenvalue weighted by Gasteiger charge is 2.31. The molecule has 2 heterocycles. The third-order valence-corrected chi connectivity index (χ3v) is 8.32. The van der Waals surface area contributed by atoms with Gasteiger partial charge in [0.2, 0.25) is 15.9 Å². The molecule has 0 bridgehead atoms. The summed E-state index contributed by atoms with van der Waals surface area (Å²) in [4.78, 5) is 25.8. The van der Waals surface area contributed by atoms with Gasteiger partial charge in [-0.3, -0.25) is 9.59 Å². The lowest BCUT2D eigenvalue weighted by Gasteiger charge is -2.33. The molecule has 2 amide bonds. The van der Waals surface area contributed by atoms with Crippen molar-refractivity contribution in [3.05, 3.63) is 53.1 Å². The van der Waals surface area contributed by atoms with E-state index in [1.54, 1.807) is 4.90 Å². The van der Waals surface area contributed by atoms with Crippen LogP contribution in [-0.2, 0) is 26.0 Å². The molecular weight excluding hydrogens is 466 g/mol. The first-order chi connectivity index (χ1) is 15.7. The molecular formula is C23H26ClN3O5S. The molecule has 0 saturated carbocycles. The van der Waals surface area contributed by atoms with Crippen LogP contribution in [0.5, 0.6) is 5.75 Å². The molecule has 4 rings (SSSR count). The van der Waals surface area contributed by atoms with Gasteiger partial charge in [0.1, 0.15) is 10.6 Å². The van der Waals surface area contributed by atoms with Crippen molar-refractivity contribution in [2.24, 2.45) is 5.92 Å². The van der Waals surface area contributed by atoms with Crippen LogP contribution < -0.4 is 10.1 Å². The SMILES string of the molecule is CN(CC(=O)N1CCC(Cc2ccccc2)CC1)S(=O)(=O)c1cc2c(cc1Cl)NC(=O)CO2. The highest BCUT2D eigenvalue weighted by Crippen LogP contribution is 2.36. The normalized spacial score (nSPS) is 16.8. The van der Waals surface area contributed by atoms with Gasteiger partial charge >= 0.3 is 0 Å². The van der Waals surface area contributed by atoms with Crippen LogP contribution >= 0.6 is 11.6 Å². The van der Waals surface area contributed by atoms with Crippen molar-refractivity contribution in [1.82, 2.24) is 9.21 Å². The second-order valence-electron chi connectivity index (χ2n) is 8.39. The highest BCUT2D eigenvalue weighted by atomic mass is 35.5. The number of amides is 2. The van der Waals surface area contributed by atoms with Gasteiger partial charge in [-0.2, -0.15) is 4.31 Å². The Hall–Kier alpha value is -2.62. The van der Waals surface area contributed by atoms with Crippen molar-refractivity contribution in [2.75, 3.05) is 38.6 Å². The Kier molecular flexibility index (Phi) is 6.92. The summed E-state index contributed by atoms with van der Waals surface area (Å²) in [7, 11) is -2.69. The molecule has 0 aromatic heterocycles. The van der Waals surface area contributed by atoms with E-state index in [-0.39, 0.29) is 40.6 Å². The summed E-state index contributed by atoms with van der Waals surface area (Å²) in [6.45, 7) is 0.730. The standard InChI is InChI=1S/C23H26ClN3O5S/c1-26(33(30,31)21-13-20-19(12-18(21)24)25-22(28)15-32-20)14-23(29)27-9-7-17(8-10-27)11-16-5-3-2-4-6-16/h2-6,12-13,17H,7-11,14-15H2,1H3,(H,25,28). The van der Waals surface area contributed by atoms with Gasteiger partial charge in [-0.1, -0.05) is 41.9 Å². The first-order valence-corrected chi connectivity index (χ1v) is 12.6. The number of sulfonamides is 1. The lowest BCUT2D eigenvalue weighted by molar-refractivity contribution is -0.132. The molecule has 1 saturated heterocycles. The number of benzene rings is 2. The largest absolute Gasteiger partial charge is 0.482 e. The first-order valence-electron chi connectivity index (χ1n) is 10.8. The number of hydrogen-bond acceptors (Lipinski definition) is 5. The zero-order valence-electron chi connectivity index (χ0n) is 18.3. The minimum atomic E-state index is -4.04. The maximum atomic E-state index is 13.1. The molecule has 2 aromatic rings. The van der Waals surface area contributed by atoms with Gasteiger partial charge in [-0.15, -0.1) is 0 Å². The van der Waals surface area contributed by atoms with Crippen molar-refractivity contribution >= 4 is 39.1 Å². The number of carbonyl (C=O) groups is 2. The van der Waals surface area contributed by atoms with Crippen molar-refractivity contribution < 1.29 is 22.7 Å². The Labute approximate surface area is 198 Å². The zero-order chi connectivity index (χ0) is 23.6. The molecule has 2 aliphatic heterocycles. The van der Waals surface area contributed by atoms with Crippen molar-refractivity contribution in [2.45, 2.75) is 24.2 Å². The number of carbonyl (C=O) groups excluding carboxylic acids is 2. The van der Waals surface area contributed by atoms with E-state index in [4.69, 9.17) is 16.3 Å². The van der Waals surface area contributed by atoms with Gasteiger partial charge in [0, 0.05) is 26.2 Å². The Morgan fingerprint density at radius 2 is 1.91 bits per heavy atom. The van der Waals surface area contributed by atoms with E-state index in [1.165, 1.54) is 24.7 Å². The van der Waals surface area contributed by atoms with Crippen LogP contribution in [0.4, 0.5) is 5.69 Å². The molecule has 1 N–H and O–H groups in total. The first kappa shape index (κ1) is 23.5. The van der Waals surface area contributed by atoms with E-state index in [1.807, 2.05) is 18.2 Å². The van der Waals surface area contributed by atoms with Gasteiger partial charge in [0.15, 0.2) is 6.61 Å². The van der Waals surface area contributed by atoms with Crippen LogP contribution in [0.15, 0.2) is 47.4 Å². The number of nitrogens with one attached hydrogen (secondary N) is 1. The van der Waals surface area contributed by atoms with E-state index >= 15 is 0 Å². The van der Waals surface area contributed by atoms with E-state index in [0.29, 0.717) is 24.7 Å². The molecule has 0 radical (unpaired) electrons. The Morgan fingerprint density at radius 1 is 1.21 bits per heavy atom. The molecule has 1 fully saturated rings. The number of rotatable bonds is 6. The molecule has 0 atom stereocenters. The third-order valence-electron chi connectivity index (χ3n) is 6.05. The van der Waals surface area contributed by atoms with E-state index in [2.05, 4.69) is 17.4 Å². The average molecular weight is 492 g/mol. The summed E-state index contributed by atoms with van der Waals surface area (Å²) in [5.74, 6) is 0.145. The predicted octanol–water partition coefficient (Wildman–Crippen LogP) is 2.77. The smallest absolute Gasteiger partial charge is 0.262 e.